The van der Waals surface area contributed by atoms with Gasteiger partial charge in [-0.15, -0.1) is 24.9 Å². The van der Waals surface area contributed by atoms with Gasteiger partial charge in [0.1, 0.15) is 5.75 Å². The minimum absolute atomic E-state index is 0.361. The van der Waals surface area contributed by atoms with E-state index in [4.69, 9.17) is 0 Å². The number of benzene rings is 3. The normalized spacial score (nSPS) is 10.2. The van der Waals surface area contributed by atoms with Crippen molar-refractivity contribution in [3.8, 4) is 5.75 Å². The monoisotopic (exact) mass is 268 g/mol. The van der Waals surface area contributed by atoms with Crippen molar-refractivity contribution in [3.05, 3.63) is 61.7 Å². The third-order valence-corrected chi connectivity index (χ3v) is 3.81. The van der Waals surface area contributed by atoms with Gasteiger partial charge in [-0.3, -0.25) is 0 Å². The van der Waals surface area contributed by atoms with Crippen LogP contribution in [0.5, 0.6) is 5.75 Å². The zero-order valence-corrected chi connectivity index (χ0v) is 11.7. The molecule has 1 nitrogen and oxygen atoms in total. The van der Waals surface area contributed by atoms with Crippen LogP contribution in [-0.2, 0) is 0 Å². The van der Waals surface area contributed by atoms with E-state index >= 15 is 0 Å². The van der Waals surface area contributed by atoms with E-state index in [0.29, 0.717) is 5.75 Å². The highest BCUT2D eigenvalue weighted by Crippen LogP contribution is 2.34. The molecule has 0 radical (unpaired) electrons. The van der Waals surface area contributed by atoms with E-state index in [9.17, 15) is 5.11 Å². The van der Waals surface area contributed by atoms with Crippen LogP contribution in [0.15, 0.2) is 66.6 Å². The molecular weight excluding hydrogens is 252 g/mol. The molecule has 0 heterocycles. The first-order chi connectivity index (χ1) is 9.29. The van der Waals surface area contributed by atoms with Crippen LogP contribution in [0.4, 0.5) is 0 Å². The van der Waals surface area contributed by atoms with Crippen LogP contribution in [0, 0.1) is 0 Å². The highest BCUT2D eigenvalue weighted by molar-refractivity contribution is 7.98. The van der Waals surface area contributed by atoms with Crippen molar-refractivity contribution in [1.82, 2.24) is 0 Å². The summed E-state index contributed by atoms with van der Waals surface area (Å²) in [4.78, 5) is 0.925. The van der Waals surface area contributed by atoms with E-state index < -0.39 is 0 Å². The average Bonchev–Trinajstić information content (AvgIpc) is 2.48. The predicted octanol–water partition coefficient (Wildman–Crippen LogP) is 5.22. The van der Waals surface area contributed by atoms with E-state index in [-0.39, 0.29) is 0 Å². The molecule has 96 valence electrons. The Balaban J connectivity index is 0.000000637. The Labute approximate surface area is 117 Å². The summed E-state index contributed by atoms with van der Waals surface area (Å²) in [5, 5.41) is 14.6. The number of rotatable bonds is 1. The van der Waals surface area contributed by atoms with Crippen LogP contribution < -0.4 is 0 Å². The molecule has 0 atom stereocenters. The summed E-state index contributed by atoms with van der Waals surface area (Å²) in [5.74, 6) is 0.361. The highest BCUT2D eigenvalue weighted by atomic mass is 32.2. The van der Waals surface area contributed by atoms with E-state index in [1.165, 1.54) is 16.2 Å². The van der Waals surface area contributed by atoms with Crippen molar-refractivity contribution < 1.29 is 5.11 Å². The van der Waals surface area contributed by atoms with Gasteiger partial charge in [-0.1, -0.05) is 36.4 Å². The maximum Gasteiger partial charge on any atom is 0.129 e. The molecule has 0 amide bonds. The predicted molar refractivity (Wildman–Crippen MR) is 86.2 cm³/mol. The molecule has 3 rings (SSSR count). The first-order valence-electron chi connectivity index (χ1n) is 5.98. The van der Waals surface area contributed by atoms with Crippen molar-refractivity contribution >= 4 is 33.3 Å². The van der Waals surface area contributed by atoms with Gasteiger partial charge >= 0.3 is 0 Å². The fourth-order valence-corrected chi connectivity index (χ4v) is 2.69. The third kappa shape index (κ3) is 2.45. The third-order valence-electron chi connectivity index (χ3n) is 3.04. The first kappa shape index (κ1) is 13.5. The van der Waals surface area contributed by atoms with Gasteiger partial charge in [0.05, 0.1) is 0 Å². The van der Waals surface area contributed by atoms with Gasteiger partial charge < -0.3 is 5.11 Å². The summed E-state index contributed by atoms with van der Waals surface area (Å²) in [6.45, 7) is 6.00. The van der Waals surface area contributed by atoms with Gasteiger partial charge in [0.25, 0.3) is 0 Å². The number of phenols is 1. The Hall–Kier alpha value is -1.93. The molecule has 0 aromatic heterocycles. The molecule has 0 saturated carbocycles. The second-order valence-corrected chi connectivity index (χ2v) is 4.88. The molecule has 0 saturated heterocycles. The zero-order valence-electron chi connectivity index (χ0n) is 10.9. The molecular formula is C17H16OS. The van der Waals surface area contributed by atoms with Crippen molar-refractivity contribution in [3.63, 3.8) is 0 Å². The SMILES string of the molecule is C=C.CSc1cc2c(ccc3ccccc32)cc1O. The van der Waals surface area contributed by atoms with Crippen molar-refractivity contribution in [2.24, 2.45) is 0 Å². The molecule has 0 spiro atoms. The Morgan fingerprint density at radius 3 is 2.32 bits per heavy atom. The number of thioether (sulfide) groups is 1. The summed E-state index contributed by atoms with van der Waals surface area (Å²) in [6.07, 6.45) is 1.98. The Morgan fingerprint density at radius 1 is 0.895 bits per heavy atom. The van der Waals surface area contributed by atoms with E-state index in [2.05, 4.69) is 43.5 Å². The van der Waals surface area contributed by atoms with Gasteiger partial charge in [-0.05, 0) is 39.9 Å². The fraction of sp³-hybridized carbons (Fsp3) is 0.0588. The minimum atomic E-state index is 0.361. The number of fused-ring (bicyclic) bond motifs is 3. The lowest BCUT2D eigenvalue weighted by molar-refractivity contribution is 0.463. The van der Waals surface area contributed by atoms with Gasteiger partial charge in [0, 0.05) is 4.90 Å². The smallest absolute Gasteiger partial charge is 0.129 e. The van der Waals surface area contributed by atoms with Crippen LogP contribution in [0.25, 0.3) is 21.5 Å². The fourth-order valence-electron chi connectivity index (χ4n) is 2.19. The molecule has 0 fully saturated rings. The minimum Gasteiger partial charge on any atom is -0.507 e. The standard InChI is InChI=1S/C15H12OS.C2H4/c1-17-15-9-13-11(8-14(15)16)7-6-10-4-2-3-5-12(10)13;1-2/h2-9,16H,1H3;1-2H2. The van der Waals surface area contributed by atoms with Crippen LogP contribution >= 0.6 is 11.8 Å². The first-order valence-corrected chi connectivity index (χ1v) is 7.20. The largest absolute Gasteiger partial charge is 0.507 e. The van der Waals surface area contributed by atoms with Gasteiger partial charge in [0.2, 0.25) is 0 Å². The van der Waals surface area contributed by atoms with Gasteiger partial charge in [-0.2, -0.15) is 0 Å². The summed E-state index contributed by atoms with van der Waals surface area (Å²) in [7, 11) is 0. The average molecular weight is 268 g/mol. The topological polar surface area (TPSA) is 20.2 Å². The molecule has 3 aromatic carbocycles. The molecule has 0 bridgehead atoms. The maximum absolute atomic E-state index is 9.86. The summed E-state index contributed by atoms with van der Waals surface area (Å²) in [5.41, 5.74) is 0. The number of aromatic hydroxyl groups is 1. The molecule has 0 aliphatic carbocycles. The quantitative estimate of drug-likeness (QED) is 0.371. The Morgan fingerprint density at radius 2 is 1.58 bits per heavy atom. The number of phenolic OH excluding ortho intramolecular Hbond substituents is 1. The maximum atomic E-state index is 9.86. The van der Waals surface area contributed by atoms with Gasteiger partial charge in [0.15, 0.2) is 0 Å². The van der Waals surface area contributed by atoms with Crippen LogP contribution in [0.2, 0.25) is 0 Å². The summed E-state index contributed by atoms with van der Waals surface area (Å²) >= 11 is 1.57. The molecule has 0 unspecified atom stereocenters. The second-order valence-electron chi connectivity index (χ2n) is 4.03. The van der Waals surface area contributed by atoms with Crippen LogP contribution in [-0.4, -0.2) is 11.4 Å². The highest BCUT2D eigenvalue weighted by Gasteiger charge is 2.05. The van der Waals surface area contributed by atoms with Crippen molar-refractivity contribution in [2.45, 2.75) is 4.90 Å². The van der Waals surface area contributed by atoms with Crippen LogP contribution in [0.3, 0.4) is 0 Å². The van der Waals surface area contributed by atoms with E-state index in [1.807, 2.05) is 24.5 Å². The second kappa shape index (κ2) is 5.81. The van der Waals surface area contributed by atoms with Crippen molar-refractivity contribution in [1.29, 1.82) is 0 Å². The Bertz CT molecular complexity index is 719. The lowest BCUT2D eigenvalue weighted by atomic mass is 10.0. The van der Waals surface area contributed by atoms with E-state index in [0.717, 1.165) is 10.3 Å². The van der Waals surface area contributed by atoms with E-state index in [1.54, 1.807) is 11.8 Å². The molecule has 1 N–H and O–H groups in total. The van der Waals surface area contributed by atoms with Crippen molar-refractivity contribution in [2.75, 3.05) is 6.26 Å². The number of hydrogen-bond acceptors (Lipinski definition) is 2. The number of hydrogen-bond donors (Lipinski definition) is 1. The lowest BCUT2D eigenvalue weighted by Crippen LogP contribution is -1.80. The van der Waals surface area contributed by atoms with Crippen LogP contribution in [0.1, 0.15) is 0 Å². The lowest BCUT2D eigenvalue weighted by Gasteiger charge is -2.07. The summed E-state index contributed by atoms with van der Waals surface area (Å²) in [6, 6.07) is 16.4. The molecule has 2 heteroatoms. The molecule has 3 aromatic rings. The molecule has 0 aliphatic heterocycles. The Kier molecular flexibility index (Phi) is 4.13. The molecule has 19 heavy (non-hydrogen) atoms. The van der Waals surface area contributed by atoms with Gasteiger partial charge in [-0.25, -0.2) is 0 Å². The zero-order chi connectivity index (χ0) is 13.8. The summed E-state index contributed by atoms with van der Waals surface area (Å²) < 4.78 is 0. The molecule has 0 aliphatic rings.